The van der Waals surface area contributed by atoms with Gasteiger partial charge in [0.15, 0.2) is 0 Å². The summed E-state index contributed by atoms with van der Waals surface area (Å²) in [4.78, 5) is 15.8. The van der Waals surface area contributed by atoms with Crippen molar-refractivity contribution in [2.24, 2.45) is 5.73 Å². The molecule has 2 atom stereocenters. The van der Waals surface area contributed by atoms with Crippen molar-refractivity contribution in [2.45, 2.75) is 31.3 Å². The molecule has 0 aromatic rings. The van der Waals surface area contributed by atoms with Crippen molar-refractivity contribution in [3.8, 4) is 6.07 Å². The molecule has 2 fully saturated rings. The number of carbonyl (C=O) groups excluding carboxylic acids is 1. The van der Waals surface area contributed by atoms with Crippen LogP contribution in [0.3, 0.4) is 0 Å². The number of carbonyl (C=O) groups is 1. The minimum absolute atomic E-state index is 0.0816. The second-order valence-electron chi connectivity index (χ2n) is 4.66. The first-order valence-electron chi connectivity index (χ1n) is 5.87. The third kappa shape index (κ3) is 2.34. The normalized spacial score (nSPS) is 30.6. The second-order valence-corrected chi connectivity index (χ2v) is 4.66. The van der Waals surface area contributed by atoms with Gasteiger partial charge in [-0.25, -0.2) is 0 Å². The topological polar surface area (TPSA) is 73.4 Å². The van der Waals surface area contributed by atoms with E-state index in [1.165, 1.54) is 0 Å². The van der Waals surface area contributed by atoms with Crippen molar-refractivity contribution in [1.29, 1.82) is 5.26 Å². The van der Waals surface area contributed by atoms with E-state index in [-0.39, 0.29) is 18.0 Å². The molecule has 2 aliphatic rings. The summed E-state index contributed by atoms with van der Waals surface area (Å²) in [5.74, 6) is 0.0816. The summed E-state index contributed by atoms with van der Waals surface area (Å²) >= 11 is 0. The summed E-state index contributed by atoms with van der Waals surface area (Å²) in [6, 6.07) is 2.19. The van der Waals surface area contributed by atoms with Gasteiger partial charge in [-0.2, -0.15) is 5.26 Å². The zero-order valence-electron chi connectivity index (χ0n) is 9.43. The number of nitrogens with two attached hydrogens (primary N) is 1. The maximum atomic E-state index is 12.0. The van der Waals surface area contributed by atoms with Crippen LogP contribution in [-0.2, 0) is 4.79 Å². The van der Waals surface area contributed by atoms with E-state index in [9.17, 15) is 4.79 Å². The highest BCUT2D eigenvalue weighted by Gasteiger charge is 2.30. The number of nitrogens with zero attached hydrogens (tertiary/aromatic N) is 3. The Labute approximate surface area is 95.8 Å². The van der Waals surface area contributed by atoms with Crippen LogP contribution in [0.2, 0.25) is 0 Å². The molecule has 2 heterocycles. The van der Waals surface area contributed by atoms with Crippen LogP contribution in [-0.4, -0.2) is 54.0 Å². The molecule has 0 unspecified atom stereocenters. The van der Waals surface area contributed by atoms with Gasteiger partial charge >= 0.3 is 0 Å². The molecule has 0 aromatic carbocycles. The van der Waals surface area contributed by atoms with Gasteiger partial charge in [0.05, 0.1) is 12.6 Å². The van der Waals surface area contributed by atoms with Gasteiger partial charge < -0.3 is 10.6 Å². The van der Waals surface area contributed by atoms with Crippen LogP contribution in [0, 0.1) is 11.3 Å². The third-order valence-corrected chi connectivity index (χ3v) is 3.39. The lowest BCUT2D eigenvalue weighted by Gasteiger charge is -2.23. The van der Waals surface area contributed by atoms with Gasteiger partial charge in [-0.15, -0.1) is 0 Å². The number of nitriles is 1. The molecule has 0 saturated carbocycles. The first kappa shape index (κ1) is 11.4. The zero-order chi connectivity index (χ0) is 11.5. The molecule has 88 valence electrons. The van der Waals surface area contributed by atoms with Crippen molar-refractivity contribution in [1.82, 2.24) is 9.80 Å². The minimum atomic E-state index is -0.205. The van der Waals surface area contributed by atoms with E-state index in [1.807, 2.05) is 0 Å². The third-order valence-electron chi connectivity index (χ3n) is 3.39. The molecule has 2 N–H and O–H groups in total. The molecule has 0 spiro atoms. The van der Waals surface area contributed by atoms with E-state index >= 15 is 0 Å². The number of likely N-dealkylation sites (tertiary alicyclic amines) is 2. The van der Waals surface area contributed by atoms with Crippen LogP contribution in [0.1, 0.15) is 19.3 Å². The summed E-state index contributed by atoms with van der Waals surface area (Å²) in [5.41, 5.74) is 5.79. The van der Waals surface area contributed by atoms with E-state index in [4.69, 9.17) is 11.0 Å². The monoisotopic (exact) mass is 222 g/mol. The molecule has 16 heavy (non-hydrogen) atoms. The van der Waals surface area contributed by atoms with Crippen LogP contribution in [0.5, 0.6) is 0 Å². The predicted molar refractivity (Wildman–Crippen MR) is 59.4 cm³/mol. The highest BCUT2D eigenvalue weighted by atomic mass is 16.2. The van der Waals surface area contributed by atoms with Crippen LogP contribution < -0.4 is 5.73 Å². The maximum Gasteiger partial charge on any atom is 0.237 e. The fraction of sp³-hybridized carbons (Fsp3) is 0.818. The van der Waals surface area contributed by atoms with Crippen molar-refractivity contribution in [3.63, 3.8) is 0 Å². The van der Waals surface area contributed by atoms with E-state index < -0.39 is 0 Å². The molecule has 0 bridgehead atoms. The predicted octanol–water partition coefficient (Wildman–Crippen LogP) is -0.466. The Morgan fingerprint density at radius 3 is 2.88 bits per heavy atom. The van der Waals surface area contributed by atoms with E-state index in [0.29, 0.717) is 6.54 Å². The summed E-state index contributed by atoms with van der Waals surface area (Å²) in [6.45, 7) is 2.86. The zero-order valence-corrected chi connectivity index (χ0v) is 9.43. The molecule has 0 aromatic heterocycles. The fourth-order valence-corrected chi connectivity index (χ4v) is 2.49. The number of hydrogen-bond donors (Lipinski definition) is 1. The Kier molecular flexibility index (Phi) is 3.42. The van der Waals surface area contributed by atoms with E-state index in [1.54, 1.807) is 4.90 Å². The van der Waals surface area contributed by atoms with Gasteiger partial charge in [-0.3, -0.25) is 9.69 Å². The van der Waals surface area contributed by atoms with Gasteiger partial charge in [0.25, 0.3) is 0 Å². The second kappa shape index (κ2) is 4.81. The molecular formula is C11H18N4O. The fourth-order valence-electron chi connectivity index (χ4n) is 2.49. The van der Waals surface area contributed by atoms with E-state index in [2.05, 4.69) is 11.0 Å². The van der Waals surface area contributed by atoms with Gasteiger partial charge in [0.2, 0.25) is 5.91 Å². The average Bonchev–Trinajstić information content (AvgIpc) is 2.86. The van der Waals surface area contributed by atoms with Crippen LogP contribution in [0.15, 0.2) is 0 Å². The Hall–Kier alpha value is -1.12. The van der Waals surface area contributed by atoms with Crippen LogP contribution in [0.4, 0.5) is 0 Å². The molecule has 5 nitrogen and oxygen atoms in total. The summed E-state index contributed by atoms with van der Waals surface area (Å²) in [6.07, 6.45) is 2.74. The summed E-state index contributed by atoms with van der Waals surface area (Å²) < 4.78 is 0. The van der Waals surface area contributed by atoms with Gasteiger partial charge in [0, 0.05) is 25.7 Å². The molecule has 0 radical (unpaired) electrons. The lowest BCUT2D eigenvalue weighted by Crippen LogP contribution is -2.42. The maximum absolute atomic E-state index is 12.0. The molecule has 2 saturated heterocycles. The number of hydrogen-bond acceptors (Lipinski definition) is 4. The minimum Gasteiger partial charge on any atom is -0.326 e. The van der Waals surface area contributed by atoms with Crippen molar-refractivity contribution in [3.05, 3.63) is 0 Å². The Bertz CT molecular complexity index is 312. The number of amides is 1. The lowest BCUT2D eigenvalue weighted by atomic mass is 10.2. The lowest BCUT2D eigenvalue weighted by molar-refractivity contribution is -0.132. The van der Waals surface area contributed by atoms with E-state index in [0.717, 1.165) is 38.9 Å². The van der Waals surface area contributed by atoms with Crippen LogP contribution in [0.25, 0.3) is 0 Å². The summed E-state index contributed by atoms with van der Waals surface area (Å²) in [5, 5.41) is 8.91. The van der Waals surface area contributed by atoms with Crippen molar-refractivity contribution < 1.29 is 4.79 Å². The molecular weight excluding hydrogens is 204 g/mol. The average molecular weight is 222 g/mol. The van der Waals surface area contributed by atoms with Crippen molar-refractivity contribution >= 4 is 5.91 Å². The Morgan fingerprint density at radius 1 is 1.44 bits per heavy atom. The molecule has 2 rings (SSSR count). The molecule has 1 amide bonds. The Morgan fingerprint density at radius 2 is 2.25 bits per heavy atom. The quantitative estimate of drug-likeness (QED) is 0.686. The molecule has 5 heteroatoms. The first-order chi connectivity index (χ1) is 7.70. The smallest absolute Gasteiger partial charge is 0.237 e. The molecule has 0 aliphatic carbocycles. The summed E-state index contributed by atoms with van der Waals surface area (Å²) in [7, 11) is 0. The first-order valence-corrected chi connectivity index (χ1v) is 5.87. The highest BCUT2D eigenvalue weighted by molar-refractivity contribution is 5.79. The SMILES string of the molecule is N#C[C@@H]1CCCN1C(=O)CN1CC[C@H](N)C1. The van der Waals surface area contributed by atoms with Gasteiger partial charge in [-0.05, 0) is 19.3 Å². The number of rotatable bonds is 2. The largest absolute Gasteiger partial charge is 0.326 e. The van der Waals surface area contributed by atoms with Crippen molar-refractivity contribution in [2.75, 3.05) is 26.2 Å². The highest BCUT2D eigenvalue weighted by Crippen LogP contribution is 2.17. The standard InChI is InChI=1S/C11H18N4O/c12-6-10-2-1-4-15(10)11(16)8-14-5-3-9(13)7-14/h9-10H,1-5,7-8,13H2/t9-,10-/m0/s1. The van der Waals surface area contributed by atoms with Gasteiger partial charge in [-0.1, -0.05) is 0 Å². The van der Waals surface area contributed by atoms with Gasteiger partial charge in [0.1, 0.15) is 6.04 Å². The van der Waals surface area contributed by atoms with Crippen LogP contribution >= 0.6 is 0 Å². The Balaban J connectivity index is 1.86. The molecule has 2 aliphatic heterocycles.